The minimum atomic E-state index is -0.511. The van der Waals surface area contributed by atoms with Gasteiger partial charge < -0.3 is 5.32 Å². The second kappa shape index (κ2) is 7.36. The second-order valence-corrected chi connectivity index (χ2v) is 6.01. The maximum atomic E-state index is 12.9. The maximum absolute atomic E-state index is 12.9. The SMILES string of the molecule is Cc1nn(CC(=O)Nc2ccn(Cc3ccc(F)cc3)n2)c(C)c1[N+](=O)[O-]. The van der Waals surface area contributed by atoms with Crippen molar-refractivity contribution < 1.29 is 14.1 Å². The molecule has 1 aromatic carbocycles. The molecule has 140 valence electrons. The monoisotopic (exact) mass is 372 g/mol. The van der Waals surface area contributed by atoms with Crippen molar-refractivity contribution in [2.24, 2.45) is 0 Å². The van der Waals surface area contributed by atoms with Crippen LogP contribution in [-0.2, 0) is 17.9 Å². The van der Waals surface area contributed by atoms with Gasteiger partial charge in [-0.3, -0.25) is 24.3 Å². The Labute approximate surface area is 153 Å². The molecule has 0 aliphatic heterocycles. The van der Waals surface area contributed by atoms with Crippen LogP contribution in [0.2, 0.25) is 0 Å². The first-order valence-corrected chi connectivity index (χ1v) is 8.09. The minimum Gasteiger partial charge on any atom is -0.308 e. The van der Waals surface area contributed by atoms with Crippen molar-refractivity contribution in [2.75, 3.05) is 5.32 Å². The number of carbonyl (C=O) groups is 1. The predicted molar refractivity (Wildman–Crippen MR) is 94.7 cm³/mol. The van der Waals surface area contributed by atoms with E-state index >= 15 is 0 Å². The molecule has 0 aliphatic rings. The summed E-state index contributed by atoms with van der Waals surface area (Å²) in [6.07, 6.45) is 1.69. The number of carbonyl (C=O) groups excluding carboxylic acids is 1. The lowest BCUT2D eigenvalue weighted by molar-refractivity contribution is -0.386. The van der Waals surface area contributed by atoms with Crippen LogP contribution >= 0.6 is 0 Å². The molecule has 0 fully saturated rings. The number of halogens is 1. The highest BCUT2D eigenvalue weighted by Crippen LogP contribution is 2.21. The number of amides is 1. The molecule has 3 rings (SSSR count). The summed E-state index contributed by atoms with van der Waals surface area (Å²) in [4.78, 5) is 22.7. The van der Waals surface area contributed by atoms with Crippen molar-refractivity contribution in [1.29, 1.82) is 0 Å². The summed E-state index contributed by atoms with van der Waals surface area (Å²) >= 11 is 0. The van der Waals surface area contributed by atoms with E-state index in [-0.39, 0.29) is 23.7 Å². The normalized spacial score (nSPS) is 10.8. The summed E-state index contributed by atoms with van der Waals surface area (Å²) in [5.41, 5.74) is 1.35. The summed E-state index contributed by atoms with van der Waals surface area (Å²) in [7, 11) is 0. The first-order chi connectivity index (χ1) is 12.8. The zero-order chi connectivity index (χ0) is 19.6. The fraction of sp³-hybridized carbons (Fsp3) is 0.235. The number of aromatic nitrogens is 4. The van der Waals surface area contributed by atoms with Gasteiger partial charge in [0.25, 0.3) is 0 Å². The molecule has 0 unspecified atom stereocenters. The third-order valence-electron chi connectivity index (χ3n) is 3.99. The Kier molecular flexibility index (Phi) is 4.97. The molecule has 0 saturated carbocycles. The van der Waals surface area contributed by atoms with Gasteiger partial charge in [-0.2, -0.15) is 10.2 Å². The molecule has 0 bridgehead atoms. The van der Waals surface area contributed by atoms with Gasteiger partial charge in [0.05, 0.1) is 11.5 Å². The maximum Gasteiger partial charge on any atom is 0.312 e. The summed E-state index contributed by atoms with van der Waals surface area (Å²) in [5, 5.41) is 21.9. The largest absolute Gasteiger partial charge is 0.312 e. The smallest absolute Gasteiger partial charge is 0.308 e. The van der Waals surface area contributed by atoms with Crippen LogP contribution in [0.3, 0.4) is 0 Å². The van der Waals surface area contributed by atoms with Gasteiger partial charge in [-0.15, -0.1) is 0 Å². The van der Waals surface area contributed by atoms with Gasteiger partial charge >= 0.3 is 5.69 Å². The lowest BCUT2D eigenvalue weighted by atomic mass is 10.2. The third-order valence-corrected chi connectivity index (χ3v) is 3.99. The van der Waals surface area contributed by atoms with Crippen LogP contribution in [-0.4, -0.2) is 30.4 Å². The van der Waals surface area contributed by atoms with E-state index in [1.54, 1.807) is 36.0 Å². The molecule has 27 heavy (non-hydrogen) atoms. The summed E-state index contributed by atoms with van der Waals surface area (Å²) < 4.78 is 15.8. The Morgan fingerprint density at radius 1 is 1.22 bits per heavy atom. The van der Waals surface area contributed by atoms with Gasteiger partial charge in [-0.25, -0.2) is 4.39 Å². The molecular formula is C17H17FN6O3. The second-order valence-electron chi connectivity index (χ2n) is 6.01. The molecule has 0 spiro atoms. The van der Waals surface area contributed by atoms with E-state index in [2.05, 4.69) is 15.5 Å². The van der Waals surface area contributed by atoms with Crippen LogP contribution in [0.25, 0.3) is 0 Å². The van der Waals surface area contributed by atoms with Crippen LogP contribution < -0.4 is 5.32 Å². The highest BCUT2D eigenvalue weighted by Gasteiger charge is 2.22. The zero-order valence-electron chi connectivity index (χ0n) is 14.7. The van der Waals surface area contributed by atoms with Gasteiger partial charge in [0.15, 0.2) is 5.82 Å². The Morgan fingerprint density at radius 2 is 1.93 bits per heavy atom. The zero-order valence-corrected chi connectivity index (χ0v) is 14.7. The molecule has 1 amide bonds. The number of nitrogens with zero attached hydrogens (tertiary/aromatic N) is 5. The van der Waals surface area contributed by atoms with Crippen LogP contribution in [0.1, 0.15) is 17.0 Å². The molecule has 0 atom stereocenters. The number of nitro groups is 1. The van der Waals surface area contributed by atoms with Crippen molar-refractivity contribution >= 4 is 17.4 Å². The highest BCUT2D eigenvalue weighted by atomic mass is 19.1. The van der Waals surface area contributed by atoms with Crippen molar-refractivity contribution in [1.82, 2.24) is 19.6 Å². The minimum absolute atomic E-state index is 0.0913. The van der Waals surface area contributed by atoms with E-state index in [1.165, 1.54) is 23.7 Å². The Bertz CT molecular complexity index is 993. The van der Waals surface area contributed by atoms with Crippen LogP contribution in [0.5, 0.6) is 0 Å². The van der Waals surface area contributed by atoms with Crippen LogP contribution in [0.15, 0.2) is 36.5 Å². The number of aryl methyl sites for hydroxylation is 1. The van der Waals surface area contributed by atoms with Crippen molar-refractivity contribution in [3.8, 4) is 0 Å². The van der Waals surface area contributed by atoms with E-state index in [0.29, 0.717) is 18.1 Å². The number of nitrogens with one attached hydrogen (secondary N) is 1. The first kappa shape index (κ1) is 18.2. The summed E-state index contributed by atoms with van der Waals surface area (Å²) in [5.74, 6) is -0.364. The van der Waals surface area contributed by atoms with E-state index in [1.807, 2.05) is 0 Å². The Morgan fingerprint density at radius 3 is 2.56 bits per heavy atom. The molecule has 3 aromatic rings. The molecule has 10 heteroatoms. The molecular weight excluding hydrogens is 355 g/mol. The van der Waals surface area contributed by atoms with E-state index in [4.69, 9.17) is 0 Å². The standard InChI is InChI=1S/C17H17FN6O3/c1-11-17(24(26)27)12(2)23(20-11)10-16(25)19-15-7-8-22(21-15)9-13-3-5-14(18)6-4-13/h3-8H,9-10H2,1-2H3,(H,19,21,25). The highest BCUT2D eigenvalue weighted by molar-refractivity contribution is 5.89. The molecule has 2 heterocycles. The number of anilines is 1. The number of benzene rings is 1. The van der Waals surface area contributed by atoms with Gasteiger partial charge in [-0.05, 0) is 31.5 Å². The van der Waals surface area contributed by atoms with E-state index in [9.17, 15) is 19.3 Å². The molecule has 2 aromatic heterocycles. The van der Waals surface area contributed by atoms with E-state index < -0.39 is 10.8 Å². The van der Waals surface area contributed by atoms with Crippen molar-refractivity contribution in [3.63, 3.8) is 0 Å². The van der Waals surface area contributed by atoms with Gasteiger partial charge in [0.1, 0.15) is 23.7 Å². The number of rotatable bonds is 6. The molecule has 0 radical (unpaired) electrons. The lowest BCUT2D eigenvalue weighted by Gasteiger charge is -2.04. The first-order valence-electron chi connectivity index (χ1n) is 8.09. The quantitative estimate of drug-likeness (QED) is 0.528. The Balaban J connectivity index is 1.63. The number of hydrogen-bond acceptors (Lipinski definition) is 5. The molecule has 0 aliphatic carbocycles. The van der Waals surface area contributed by atoms with Crippen molar-refractivity contribution in [3.05, 3.63) is 69.4 Å². The summed E-state index contributed by atoms with van der Waals surface area (Å²) in [6, 6.07) is 7.69. The molecule has 1 N–H and O–H groups in total. The average Bonchev–Trinajstić information content (AvgIpc) is 3.13. The van der Waals surface area contributed by atoms with Crippen LogP contribution in [0, 0.1) is 29.8 Å². The van der Waals surface area contributed by atoms with Gasteiger partial charge in [0, 0.05) is 12.3 Å². The third kappa shape index (κ3) is 4.17. The Hall–Kier alpha value is -3.56. The van der Waals surface area contributed by atoms with Crippen molar-refractivity contribution in [2.45, 2.75) is 26.9 Å². The fourth-order valence-corrected chi connectivity index (χ4v) is 2.72. The average molecular weight is 372 g/mol. The lowest BCUT2D eigenvalue weighted by Crippen LogP contribution is -2.20. The fourth-order valence-electron chi connectivity index (χ4n) is 2.72. The topological polar surface area (TPSA) is 108 Å². The van der Waals surface area contributed by atoms with E-state index in [0.717, 1.165) is 5.56 Å². The predicted octanol–water partition coefficient (Wildman–Crippen LogP) is 2.43. The molecule has 0 saturated heterocycles. The van der Waals surface area contributed by atoms with Gasteiger partial charge in [0.2, 0.25) is 5.91 Å². The number of hydrogen-bond donors (Lipinski definition) is 1. The summed E-state index contributed by atoms with van der Waals surface area (Å²) in [6.45, 7) is 3.34. The van der Waals surface area contributed by atoms with Crippen LogP contribution in [0.4, 0.5) is 15.9 Å². The molecule has 9 nitrogen and oxygen atoms in total. The van der Waals surface area contributed by atoms with Gasteiger partial charge in [-0.1, -0.05) is 12.1 Å².